The molecule has 2 aliphatic heterocycles. The molecule has 0 unspecified atom stereocenters. The highest BCUT2D eigenvalue weighted by Crippen LogP contribution is 2.43. The van der Waals surface area contributed by atoms with Crippen molar-refractivity contribution >= 4 is 21.8 Å². The largest absolute Gasteiger partial charge is 0.394 e. The number of rotatable bonds is 4. The lowest BCUT2D eigenvalue weighted by Crippen LogP contribution is -2.72. The van der Waals surface area contributed by atoms with Gasteiger partial charge in [-0.25, -0.2) is 0 Å². The SMILES string of the molecule is O=C1CN(Cc2ccccc2)C[C@@H]2[C@@H](c3ccc(Br)cc3)[C@@H](CO)N12. The van der Waals surface area contributed by atoms with E-state index in [0.717, 1.165) is 17.6 Å². The highest BCUT2D eigenvalue weighted by molar-refractivity contribution is 9.10. The van der Waals surface area contributed by atoms with Gasteiger partial charge in [-0.1, -0.05) is 58.4 Å². The molecule has 3 atom stereocenters. The number of hydrogen-bond donors (Lipinski definition) is 1. The molecule has 2 fully saturated rings. The lowest BCUT2D eigenvalue weighted by atomic mass is 9.74. The quantitative estimate of drug-likeness (QED) is 0.857. The van der Waals surface area contributed by atoms with E-state index in [0.29, 0.717) is 6.54 Å². The Morgan fingerprint density at radius 3 is 2.48 bits per heavy atom. The van der Waals surface area contributed by atoms with Crippen molar-refractivity contribution in [3.63, 3.8) is 0 Å². The molecule has 0 radical (unpaired) electrons. The van der Waals surface area contributed by atoms with E-state index in [1.807, 2.05) is 35.2 Å². The number of halogens is 1. The van der Waals surface area contributed by atoms with Crippen LogP contribution < -0.4 is 0 Å². The van der Waals surface area contributed by atoms with Gasteiger partial charge >= 0.3 is 0 Å². The minimum absolute atomic E-state index is 0.0155. The van der Waals surface area contributed by atoms with Gasteiger partial charge in [0.05, 0.1) is 25.2 Å². The van der Waals surface area contributed by atoms with Crippen molar-refractivity contribution in [3.05, 3.63) is 70.2 Å². The molecule has 4 nitrogen and oxygen atoms in total. The van der Waals surface area contributed by atoms with Crippen LogP contribution in [-0.4, -0.2) is 52.6 Å². The molecule has 2 aliphatic rings. The maximum absolute atomic E-state index is 12.6. The van der Waals surface area contributed by atoms with E-state index < -0.39 is 0 Å². The lowest BCUT2D eigenvalue weighted by Gasteiger charge is -2.59. The summed E-state index contributed by atoms with van der Waals surface area (Å²) < 4.78 is 1.04. The zero-order chi connectivity index (χ0) is 17.4. The second-order valence-corrected chi connectivity index (χ2v) is 7.77. The van der Waals surface area contributed by atoms with Crippen LogP contribution in [0.4, 0.5) is 0 Å². The number of aliphatic hydroxyl groups excluding tert-OH is 1. The van der Waals surface area contributed by atoms with Gasteiger partial charge in [0.25, 0.3) is 0 Å². The summed E-state index contributed by atoms with van der Waals surface area (Å²) in [5.41, 5.74) is 2.42. The number of amides is 1. The minimum atomic E-state index is -0.0995. The fourth-order valence-corrected chi connectivity index (χ4v) is 4.48. The summed E-state index contributed by atoms with van der Waals surface area (Å²) in [6.07, 6.45) is 0. The summed E-state index contributed by atoms with van der Waals surface area (Å²) >= 11 is 3.47. The van der Waals surface area contributed by atoms with E-state index in [4.69, 9.17) is 0 Å². The molecule has 0 bridgehead atoms. The molecule has 130 valence electrons. The third-order valence-electron chi connectivity index (χ3n) is 5.33. The average molecular weight is 401 g/mol. The summed E-state index contributed by atoms with van der Waals surface area (Å²) in [6, 6.07) is 18.5. The summed E-state index contributed by atoms with van der Waals surface area (Å²) in [7, 11) is 0. The maximum atomic E-state index is 12.6. The van der Waals surface area contributed by atoms with Gasteiger partial charge in [0.15, 0.2) is 0 Å². The highest BCUT2D eigenvalue weighted by Gasteiger charge is 2.53. The number of hydrogen-bond acceptors (Lipinski definition) is 3. The van der Waals surface area contributed by atoms with Crippen molar-refractivity contribution in [3.8, 4) is 0 Å². The number of benzene rings is 2. The van der Waals surface area contributed by atoms with Gasteiger partial charge in [0, 0.05) is 23.5 Å². The van der Waals surface area contributed by atoms with Gasteiger partial charge < -0.3 is 10.0 Å². The first-order chi connectivity index (χ1) is 12.2. The van der Waals surface area contributed by atoms with E-state index in [1.54, 1.807) is 0 Å². The van der Waals surface area contributed by atoms with Gasteiger partial charge in [-0.15, -0.1) is 0 Å². The fraction of sp³-hybridized carbons (Fsp3) is 0.350. The molecule has 0 aliphatic carbocycles. The Bertz CT molecular complexity index is 750. The van der Waals surface area contributed by atoms with Crippen LogP contribution in [0, 0.1) is 0 Å². The predicted octanol–water partition coefficient (Wildman–Crippen LogP) is 2.62. The van der Waals surface area contributed by atoms with Crippen molar-refractivity contribution in [1.29, 1.82) is 0 Å². The third-order valence-corrected chi connectivity index (χ3v) is 5.86. The highest BCUT2D eigenvalue weighted by atomic mass is 79.9. The summed E-state index contributed by atoms with van der Waals surface area (Å²) in [6.45, 7) is 2.07. The van der Waals surface area contributed by atoms with Gasteiger partial charge in [-0.3, -0.25) is 9.69 Å². The van der Waals surface area contributed by atoms with E-state index in [1.165, 1.54) is 11.1 Å². The Morgan fingerprint density at radius 1 is 1.08 bits per heavy atom. The monoisotopic (exact) mass is 400 g/mol. The Labute approximate surface area is 156 Å². The van der Waals surface area contributed by atoms with E-state index in [2.05, 4.69) is 45.1 Å². The summed E-state index contributed by atoms with van der Waals surface area (Å²) in [5.74, 6) is 0.320. The molecule has 4 rings (SSSR count). The molecule has 0 saturated carbocycles. The van der Waals surface area contributed by atoms with Crippen LogP contribution in [0.2, 0.25) is 0 Å². The average Bonchev–Trinajstić information content (AvgIpc) is 2.60. The molecular weight excluding hydrogens is 380 g/mol. The van der Waals surface area contributed by atoms with Crippen molar-refractivity contribution in [2.75, 3.05) is 19.7 Å². The first kappa shape index (κ1) is 16.8. The number of aliphatic hydroxyl groups is 1. The van der Waals surface area contributed by atoms with Gasteiger partial charge in [-0.2, -0.15) is 0 Å². The topological polar surface area (TPSA) is 43.8 Å². The molecule has 5 heteroatoms. The number of carbonyl (C=O) groups excluding carboxylic acids is 1. The second kappa shape index (κ2) is 6.90. The van der Waals surface area contributed by atoms with Gasteiger partial charge in [0.1, 0.15) is 0 Å². The van der Waals surface area contributed by atoms with E-state index in [-0.39, 0.29) is 30.5 Å². The molecule has 2 aromatic rings. The molecule has 2 saturated heterocycles. The second-order valence-electron chi connectivity index (χ2n) is 6.85. The summed E-state index contributed by atoms with van der Waals surface area (Å²) in [4.78, 5) is 16.7. The lowest BCUT2D eigenvalue weighted by molar-refractivity contribution is -0.162. The molecule has 25 heavy (non-hydrogen) atoms. The molecular formula is C20H21BrN2O2. The number of nitrogens with zero attached hydrogens (tertiary/aromatic N) is 2. The molecule has 0 aromatic heterocycles. The van der Waals surface area contributed by atoms with Crippen LogP contribution in [0.1, 0.15) is 17.0 Å². The molecule has 2 aromatic carbocycles. The first-order valence-electron chi connectivity index (χ1n) is 8.61. The third kappa shape index (κ3) is 3.12. The zero-order valence-electron chi connectivity index (χ0n) is 13.9. The molecule has 0 spiro atoms. The first-order valence-corrected chi connectivity index (χ1v) is 9.40. The molecule has 2 heterocycles. The smallest absolute Gasteiger partial charge is 0.237 e. The normalized spacial score (nSPS) is 26.2. The standard InChI is InChI=1S/C20H21BrN2O2/c21-16-8-6-15(7-9-16)20-17-11-22(10-14-4-2-1-3-5-14)12-19(25)23(17)18(20)13-24/h1-9,17-18,20,24H,10-13H2/t17-,18-,20-/m1/s1. The van der Waals surface area contributed by atoms with Crippen molar-refractivity contribution in [1.82, 2.24) is 9.80 Å². The Balaban J connectivity index is 1.54. The van der Waals surface area contributed by atoms with Gasteiger partial charge in [-0.05, 0) is 23.3 Å². The van der Waals surface area contributed by atoms with Crippen LogP contribution in [0.3, 0.4) is 0 Å². The van der Waals surface area contributed by atoms with Crippen molar-refractivity contribution < 1.29 is 9.90 Å². The van der Waals surface area contributed by atoms with Crippen LogP contribution >= 0.6 is 15.9 Å². The van der Waals surface area contributed by atoms with Crippen LogP contribution in [0.25, 0.3) is 0 Å². The van der Waals surface area contributed by atoms with Crippen molar-refractivity contribution in [2.45, 2.75) is 24.5 Å². The van der Waals surface area contributed by atoms with Crippen LogP contribution in [0.15, 0.2) is 59.1 Å². The summed E-state index contributed by atoms with van der Waals surface area (Å²) in [5, 5.41) is 9.81. The molecule has 1 amide bonds. The number of carbonyl (C=O) groups is 1. The predicted molar refractivity (Wildman–Crippen MR) is 100 cm³/mol. The fourth-order valence-electron chi connectivity index (χ4n) is 4.21. The van der Waals surface area contributed by atoms with Crippen LogP contribution in [0.5, 0.6) is 0 Å². The molecule has 1 N–H and O–H groups in total. The maximum Gasteiger partial charge on any atom is 0.237 e. The Hall–Kier alpha value is -1.69. The van der Waals surface area contributed by atoms with Crippen LogP contribution in [-0.2, 0) is 11.3 Å². The Morgan fingerprint density at radius 2 is 1.80 bits per heavy atom. The zero-order valence-corrected chi connectivity index (χ0v) is 15.5. The minimum Gasteiger partial charge on any atom is -0.394 e. The Kier molecular flexibility index (Phi) is 4.63. The van der Waals surface area contributed by atoms with E-state index in [9.17, 15) is 9.90 Å². The van der Waals surface area contributed by atoms with Gasteiger partial charge in [0.2, 0.25) is 5.91 Å². The number of fused-ring (bicyclic) bond motifs is 1. The number of piperazine rings is 1. The van der Waals surface area contributed by atoms with E-state index >= 15 is 0 Å². The van der Waals surface area contributed by atoms with Crippen molar-refractivity contribution in [2.24, 2.45) is 0 Å².